The summed E-state index contributed by atoms with van der Waals surface area (Å²) in [5.74, 6) is 1.89. The molecule has 3 aromatic carbocycles. The molecule has 0 aliphatic carbocycles. The van der Waals surface area contributed by atoms with Gasteiger partial charge in [-0.25, -0.2) is 8.42 Å². The first-order chi connectivity index (χ1) is 17.4. The zero-order valence-corrected chi connectivity index (χ0v) is 23.3. The summed E-state index contributed by atoms with van der Waals surface area (Å²) in [7, 11) is -2.11. The average Bonchev–Trinajstić information content (AvgIpc) is 2.84. The van der Waals surface area contributed by atoms with Gasteiger partial charge in [-0.15, -0.1) is 0 Å². The molecule has 3 rings (SSSR count). The van der Waals surface area contributed by atoms with Gasteiger partial charge in [0, 0.05) is 0 Å². The fourth-order valence-electron chi connectivity index (χ4n) is 4.32. The third-order valence-corrected chi connectivity index (χ3v) is 7.47. The molecule has 0 aliphatic rings. The van der Waals surface area contributed by atoms with Crippen LogP contribution in [0.15, 0.2) is 66.7 Å². The number of carbonyl (C=O) groups excluding carboxylic acids is 1. The van der Waals surface area contributed by atoms with Gasteiger partial charge in [-0.05, 0) is 91.9 Å². The molecular formula is C29H36N2O5S. The lowest BCUT2D eigenvalue weighted by Gasteiger charge is -2.30. The van der Waals surface area contributed by atoms with Gasteiger partial charge in [-0.1, -0.05) is 32.0 Å². The second-order valence-electron chi connectivity index (χ2n) is 9.48. The van der Waals surface area contributed by atoms with Crippen LogP contribution in [0.1, 0.15) is 56.3 Å². The van der Waals surface area contributed by atoms with Gasteiger partial charge in [0.1, 0.15) is 23.3 Å². The average molecular weight is 525 g/mol. The first kappa shape index (κ1) is 28.1. The number of amides is 1. The molecule has 198 valence electrons. The van der Waals surface area contributed by atoms with E-state index in [4.69, 9.17) is 9.47 Å². The Labute approximate surface area is 220 Å². The molecule has 0 aromatic heterocycles. The number of para-hydroxylation sites is 1. The third kappa shape index (κ3) is 6.83. The summed E-state index contributed by atoms with van der Waals surface area (Å²) in [6.07, 6.45) is 1.09. The number of sulfonamides is 1. The lowest BCUT2D eigenvalue weighted by atomic mass is 9.93. The number of aryl methyl sites for hydroxylation is 1. The van der Waals surface area contributed by atoms with Crippen molar-refractivity contribution in [2.45, 2.75) is 52.6 Å². The Hall–Kier alpha value is -3.52. The van der Waals surface area contributed by atoms with Crippen LogP contribution in [-0.2, 0) is 14.8 Å². The van der Waals surface area contributed by atoms with Crippen LogP contribution in [0.2, 0.25) is 0 Å². The van der Waals surface area contributed by atoms with Crippen molar-refractivity contribution in [1.82, 2.24) is 5.32 Å². The number of nitrogens with zero attached hydrogens (tertiary/aromatic N) is 1. The van der Waals surface area contributed by atoms with Crippen molar-refractivity contribution in [3.63, 3.8) is 0 Å². The highest BCUT2D eigenvalue weighted by Crippen LogP contribution is 2.32. The molecule has 0 aliphatic heterocycles. The number of hydrogen-bond donors (Lipinski definition) is 1. The van der Waals surface area contributed by atoms with E-state index in [1.165, 1.54) is 0 Å². The van der Waals surface area contributed by atoms with Crippen LogP contribution < -0.4 is 19.1 Å². The lowest BCUT2D eigenvalue weighted by molar-refractivity contribution is -0.122. The van der Waals surface area contributed by atoms with Crippen LogP contribution in [0.5, 0.6) is 17.2 Å². The van der Waals surface area contributed by atoms with Gasteiger partial charge in [0.15, 0.2) is 0 Å². The standard InChI is InChI=1S/C29H36N2O5S/c1-19(2)26-18-27(20(3)17-28(26)35-6)21(4)30-29(32)22(5)31(37(7,33)34)23-13-15-25(16-14-23)36-24-11-9-8-10-12-24/h8-19,21-22H,1-7H3,(H,30,32). The van der Waals surface area contributed by atoms with Gasteiger partial charge < -0.3 is 14.8 Å². The number of ether oxygens (including phenoxy) is 2. The molecule has 0 fully saturated rings. The van der Waals surface area contributed by atoms with E-state index in [1.807, 2.05) is 56.3 Å². The number of methoxy groups -OCH3 is 1. The van der Waals surface area contributed by atoms with E-state index in [9.17, 15) is 13.2 Å². The van der Waals surface area contributed by atoms with Crippen molar-refractivity contribution in [3.05, 3.63) is 83.4 Å². The van der Waals surface area contributed by atoms with E-state index in [1.54, 1.807) is 38.3 Å². The zero-order valence-electron chi connectivity index (χ0n) is 22.5. The Balaban J connectivity index is 1.81. The van der Waals surface area contributed by atoms with Gasteiger partial charge >= 0.3 is 0 Å². The number of benzene rings is 3. The second-order valence-corrected chi connectivity index (χ2v) is 11.3. The number of carbonyl (C=O) groups is 1. The summed E-state index contributed by atoms with van der Waals surface area (Å²) in [4.78, 5) is 13.3. The summed E-state index contributed by atoms with van der Waals surface area (Å²) in [5.41, 5.74) is 3.36. The van der Waals surface area contributed by atoms with Gasteiger partial charge in [-0.2, -0.15) is 0 Å². The molecule has 0 saturated carbocycles. The highest BCUT2D eigenvalue weighted by atomic mass is 32.2. The molecule has 0 radical (unpaired) electrons. The molecule has 2 unspecified atom stereocenters. The van der Waals surface area contributed by atoms with Crippen LogP contribution in [0.4, 0.5) is 5.69 Å². The molecule has 2 atom stereocenters. The Morgan fingerprint density at radius 2 is 1.49 bits per heavy atom. The van der Waals surface area contributed by atoms with E-state index in [2.05, 4.69) is 19.2 Å². The SMILES string of the molecule is COc1cc(C)c(C(C)NC(=O)C(C)N(c2ccc(Oc3ccccc3)cc2)S(C)(=O)=O)cc1C(C)C. The fourth-order valence-corrected chi connectivity index (χ4v) is 5.49. The first-order valence-electron chi connectivity index (χ1n) is 12.2. The molecule has 3 aromatic rings. The molecular weight excluding hydrogens is 488 g/mol. The summed E-state index contributed by atoms with van der Waals surface area (Å²) in [6.45, 7) is 9.61. The normalized spacial score (nSPS) is 13.1. The highest BCUT2D eigenvalue weighted by molar-refractivity contribution is 7.92. The van der Waals surface area contributed by atoms with Crippen molar-refractivity contribution in [2.75, 3.05) is 17.7 Å². The minimum atomic E-state index is -3.75. The molecule has 8 heteroatoms. The topological polar surface area (TPSA) is 84.9 Å². The molecule has 1 amide bonds. The zero-order chi connectivity index (χ0) is 27.3. The van der Waals surface area contributed by atoms with E-state index in [0.717, 1.165) is 33.0 Å². The van der Waals surface area contributed by atoms with Crippen LogP contribution in [-0.4, -0.2) is 33.7 Å². The van der Waals surface area contributed by atoms with E-state index in [0.29, 0.717) is 17.2 Å². The molecule has 37 heavy (non-hydrogen) atoms. The van der Waals surface area contributed by atoms with Crippen molar-refractivity contribution < 1.29 is 22.7 Å². The monoisotopic (exact) mass is 524 g/mol. The lowest BCUT2D eigenvalue weighted by Crippen LogP contribution is -2.48. The maximum absolute atomic E-state index is 13.3. The smallest absolute Gasteiger partial charge is 0.244 e. The molecule has 0 spiro atoms. The molecule has 7 nitrogen and oxygen atoms in total. The number of anilines is 1. The summed E-state index contributed by atoms with van der Waals surface area (Å²) in [6, 6.07) is 18.6. The minimum Gasteiger partial charge on any atom is -0.496 e. The largest absolute Gasteiger partial charge is 0.496 e. The third-order valence-electron chi connectivity index (χ3n) is 6.22. The summed E-state index contributed by atoms with van der Waals surface area (Å²) < 4.78 is 38.0. The Kier molecular flexibility index (Phi) is 8.86. The first-order valence-corrected chi connectivity index (χ1v) is 14.1. The molecule has 0 bridgehead atoms. The van der Waals surface area contributed by atoms with Gasteiger partial charge in [-0.3, -0.25) is 9.10 Å². The number of hydrogen-bond acceptors (Lipinski definition) is 5. The molecule has 1 N–H and O–H groups in total. The maximum Gasteiger partial charge on any atom is 0.244 e. The summed E-state index contributed by atoms with van der Waals surface area (Å²) >= 11 is 0. The predicted molar refractivity (Wildman–Crippen MR) is 148 cm³/mol. The van der Waals surface area contributed by atoms with Crippen LogP contribution in [0, 0.1) is 6.92 Å². The van der Waals surface area contributed by atoms with Crippen LogP contribution in [0.25, 0.3) is 0 Å². The van der Waals surface area contributed by atoms with Crippen molar-refractivity contribution >= 4 is 21.6 Å². The molecule has 0 saturated heterocycles. The maximum atomic E-state index is 13.3. The minimum absolute atomic E-state index is 0.241. The van der Waals surface area contributed by atoms with Crippen molar-refractivity contribution in [2.24, 2.45) is 0 Å². The van der Waals surface area contributed by atoms with E-state index >= 15 is 0 Å². The van der Waals surface area contributed by atoms with Crippen molar-refractivity contribution in [1.29, 1.82) is 0 Å². The Morgan fingerprint density at radius 3 is 2.03 bits per heavy atom. The predicted octanol–water partition coefficient (Wildman–Crippen LogP) is 5.95. The van der Waals surface area contributed by atoms with Crippen LogP contribution >= 0.6 is 0 Å². The summed E-state index contributed by atoms with van der Waals surface area (Å²) in [5, 5.41) is 3.00. The molecule has 0 heterocycles. The van der Waals surface area contributed by atoms with Gasteiger partial charge in [0.25, 0.3) is 0 Å². The van der Waals surface area contributed by atoms with E-state index in [-0.39, 0.29) is 12.0 Å². The fraction of sp³-hybridized carbons (Fsp3) is 0.345. The second kappa shape index (κ2) is 11.7. The number of nitrogens with one attached hydrogen (secondary N) is 1. The highest BCUT2D eigenvalue weighted by Gasteiger charge is 2.30. The quantitative estimate of drug-likeness (QED) is 0.354. The number of rotatable bonds is 10. The Morgan fingerprint density at radius 1 is 0.892 bits per heavy atom. The van der Waals surface area contributed by atoms with Gasteiger partial charge in [0.05, 0.1) is 25.1 Å². The Bertz CT molecular complexity index is 1320. The van der Waals surface area contributed by atoms with Crippen LogP contribution in [0.3, 0.4) is 0 Å². The van der Waals surface area contributed by atoms with Gasteiger partial charge in [0.2, 0.25) is 15.9 Å². The van der Waals surface area contributed by atoms with Crippen molar-refractivity contribution in [3.8, 4) is 17.2 Å². The van der Waals surface area contributed by atoms with E-state index < -0.39 is 22.0 Å².